The van der Waals surface area contributed by atoms with Crippen molar-refractivity contribution in [1.29, 1.82) is 0 Å². The maximum Gasteiger partial charge on any atom is 0.180 e. The molecule has 2 N–H and O–H groups in total. The fraction of sp³-hybridized carbons (Fsp3) is 0.471. The summed E-state index contributed by atoms with van der Waals surface area (Å²) >= 11 is 1.70. The molecule has 0 atom stereocenters. The predicted molar refractivity (Wildman–Crippen MR) is 87.3 cm³/mol. The zero-order valence-electron chi connectivity index (χ0n) is 12.3. The number of hydrogen-bond acceptors (Lipinski definition) is 3. The zero-order valence-corrected chi connectivity index (χ0v) is 13.1. The van der Waals surface area contributed by atoms with Crippen molar-refractivity contribution in [1.82, 2.24) is 4.98 Å². The topological polar surface area (TPSA) is 38.9 Å². The minimum atomic E-state index is 0.660. The van der Waals surface area contributed by atoms with Crippen LogP contribution in [0.3, 0.4) is 0 Å². The predicted octanol–water partition coefficient (Wildman–Crippen LogP) is 5.06. The molecule has 3 heteroatoms. The van der Waals surface area contributed by atoms with Gasteiger partial charge in [0.05, 0.1) is 5.69 Å². The molecule has 0 saturated heterocycles. The summed E-state index contributed by atoms with van der Waals surface area (Å²) in [4.78, 5) is 6.09. The van der Waals surface area contributed by atoms with Crippen LogP contribution in [0.2, 0.25) is 0 Å². The first-order valence-corrected chi connectivity index (χ1v) is 8.31. The molecule has 20 heavy (non-hydrogen) atoms. The second kappa shape index (κ2) is 5.57. The Kier molecular flexibility index (Phi) is 3.79. The van der Waals surface area contributed by atoms with Crippen LogP contribution in [-0.2, 0) is 0 Å². The largest absolute Gasteiger partial charge is 0.375 e. The first-order chi connectivity index (χ1) is 9.66. The normalized spacial score (nSPS) is 16.5. The Morgan fingerprint density at radius 2 is 1.75 bits per heavy atom. The summed E-state index contributed by atoms with van der Waals surface area (Å²) < 4.78 is 0. The van der Waals surface area contributed by atoms with Gasteiger partial charge in [0.2, 0.25) is 0 Å². The highest BCUT2D eigenvalue weighted by Gasteiger charge is 2.24. The van der Waals surface area contributed by atoms with E-state index in [1.807, 2.05) is 0 Å². The molecular formula is C17H22N2S. The van der Waals surface area contributed by atoms with Crippen LogP contribution in [0.15, 0.2) is 18.2 Å². The molecular weight excluding hydrogens is 264 g/mol. The van der Waals surface area contributed by atoms with Crippen molar-refractivity contribution in [2.45, 2.75) is 51.9 Å². The van der Waals surface area contributed by atoms with E-state index in [9.17, 15) is 0 Å². The number of nitrogens with zero attached hydrogens (tertiary/aromatic N) is 1. The molecule has 3 rings (SSSR count). The van der Waals surface area contributed by atoms with E-state index in [4.69, 9.17) is 5.73 Å². The Bertz CT molecular complexity index is 589. The molecule has 0 bridgehead atoms. The third-order valence-electron chi connectivity index (χ3n) is 4.36. The molecule has 1 aliphatic carbocycles. The number of rotatable bonds is 2. The first-order valence-electron chi connectivity index (χ1n) is 7.49. The fourth-order valence-electron chi connectivity index (χ4n) is 3.36. The monoisotopic (exact) mass is 286 g/mol. The highest BCUT2D eigenvalue weighted by Crippen LogP contribution is 2.43. The average Bonchev–Trinajstić information content (AvgIpc) is 2.81. The maximum atomic E-state index is 6.03. The summed E-state index contributed by atoms with van der Waals surface area (Å²) in [5.74, 6) is 0.660. The highest BCUT2D eigenvalue weighted by atomic mass is 32.1. The van der Waals surface area contributed by atoms with Gasteiger partial charge >= 0.3 is 0 Å². The molecule has 106 valence electrons. The van der Waals surface area contributed by atoms with Crippen LogP contribution in [0, 0.1) is 13.8 Å². The molecule has 1 saturated carbocycles. The Hall–Kier alpha value is -1.35. The molecule has 1 fully saturated rings. The van der Waals surface area contributed by atoms with Gasteiger partial charge < -0.3 is 5.73 Å². The first kappa shape index (κ1) is 13.6. The smallest absolute Gasteiger partial charge is 0.180 e. The summed E-state index contributed by atoms with van der Waals surface area (Å²) in [6.07, 6.45) is 6.64. The lowest BCUT2D eigenvalue weighted by molar-refractivity contribution is 0.448. The van der Waals surface area contributed by atoms with Gasteiger partial charge in [-0.1, -0.05) is 37.5 Å². The SMILES string of the molecule is Cc1cccc(C)c1-c1nc(N)sc1C1CCCCC1. The molecule has 1 heterocycles. The molecule has 1 aromatic heterocycles. The molecule has 2 aromatic rings. The van der Waals surface area contributed by atoms with E-state index in [1.165, 1.54) is 53.7 Å². The Morgan fingerprint density at radius 1 is 1.10 bits per heavy atom. The number of aromatic nitrogens is 1. The molecule has 0 unspecified atom stereocenters. The minimum Gasteiger partial charge on any atom is -0.375 e. The van der Waals surface area contributed by atoms with Gasteiger partial charge in [-0.15, -0.1) is 11.3 Å². The summed E-state index contributed by atoms with van der Waals surface area (Å²) in [5, 5.41) is 0.711. The molecule has 0 radical (unpaired) electrons. The van der Waals surface area contributed by atoms with Crippen molar-refractivity contribution in [2.24, 2.45) is 0 Å². The number of aryl methyl sites for hydroxylation is 2. The standard InChI is InChI=1S/C17H22N2S/c1-11-7-6-8-12(2)14(11)15-16(20-17(18)19-15)13-9-4-3-5-10-13/h6-8,13H,3-5,9-10H2,1-2H3,(H2,18,19). The van der Waals surface area contributed by atoms with E-state index in [2.05, 4.69) is 37.0 Å². The van der Waals surface area contributed by atoms with Crippen molar-refractivity contribution < 1.29 is 0 Å². The second-order valence-corrected chi connectivity index (χ2v) is 6.93. The lowest BCUT2D eigenvalue weighted by Gasteiger charge is -2.22. The van der Waals surface area contributed by atoms with E-state index >= 15 is 0 Å². The van der Waals surface area contributed by atoms with Crippen molar-refractivity contribution in [3.8, 4) is 11.3 Å². The Labute approximate surface area is 125 Å². The van der Waals surface area contributed by atoms with Gasteiger partial charge in [0, 0.05) is 10.4 Å². The maximum absolute atomic E-state index is 6.03. The average molecular weight is 286 g/mol. The zero-order chi connectivity index (χ0) is 14.1. The molecule has 1 aliphatic rings. The quantitative estimate of drug-likeness (QED) is 0.838. The van der Waals surface area contributed by atoms with E-state index in [1.54, 1.807) is 11.3 Å². The van der Waals surface area contributed by atoms with Crippen LogP contribution >= 0.6 is 11.3 Å². The number of thiazole rings is 1. The van der Waals surface area contributed by atoms with E-state index < -0.39 is 0 Å². The molecule has 0 spiro atoms. The molecule has 1 aromatic carbocycles. The van der Waals surface area contributed by atoms with Gasteiger partial charge in [0.25, 0.3) is 0 Å². The molecule has 0 aliphatic heterocycles. The number of hydrogen-bond donors (Lipinski definition) is 1. The number of benzene rings is 1. The minimum absolute atomic E-state index is 0.660. The van der Waals surface area contributed by atoms with Crippen LogP contribution in [0.1, 0.15) is 54.0 Å². The third-order valence-corrected chi connectivity index (χ3v) is 5.41. The summed E-state index contributed by atoms with van der Waals surface area (Å²) in [6, 6.07) is 6.45. The molecule has 0 amide bonds. The van der Waals surface area contributed by atoms with E-state index in [0.717, 1.165) is 5.69 Å². The van der Waals surface area contributed by atoms with Crippen LogP contribution < -0.4 is 5.73 Å². The van der Waals surface area contributed by atoms with Gasteiger partial charge in [0.15, 0.2) is 5.13 Å². The van der Waals surface area contributed by atoms with Gasteiger partial charge in [0.1, 0.15) is 0 Å². The fourth-order valence-corrected chi connectivity index (χ4v) is 4.37. The van der Waals surface area contributed by atoms with Gasteiger partial charge in [-0.05, 0) is 43.7 Å². The van der Waals surface area contributed by atoms with Crippen molar-refractivity contribution in [3.05, 3.63) is 34.2 Å². The number of nitrogens with two attached hydrogens (primary N) is 1. The van der Waals surface area contributed by atoms with Crippen LogP contribution in [0.4, 0.5) is 5.13 Å². The lowest BCUT2D eigenvalue weighted by atomic mass is 9.86. The van der Waals surface area contributed by atoms with Gasteiger partial charge in [-0.25, -0.2) is 4.98 Å². The second-order valence-electron chi connectivity index (χ2n) is 5.87. The van der Waals surface area contributed by atoms with Crippen LogP contribution in [0.25, 0.3) is 11.3 Å². The Morgan fingerprint density at radius 3 is 2.40 bits per heavy atom. The van der Waals surface area contributed by atoms with Crippen molar-refractivity contribution in [2.75, 3.05) is 5.73 Å². The van der Waals surface area contributed by atoms with Gasteiger partial charge in [-0.2, -0.15) is 0 Å². The lowest BCUT2D eigenvalue weighted by Crippen LogP contribution is -2.04. The summed E-state index contributed by atoms with van der Waals surface area (Å²) in [7, 11) is 0. The Balaban J connectivity index is 2.09. The highest BCUT2D eigenvalue weighted by molar-refractivity contribution is 7.15. The number of nitrogen functional groups attached to an aromatic ring is 1. The molecule has 2 nitrogen and oxygen atoms in total. The number of anilines is 1. The summed E-state index contributed by atoms with van der Waals surface area (Å²) in [5.41, 5.74) is 11.1. The van der Waals surface area contributed by atoms with Gasteiger partial charge in [-0.3, -0.25) is 0 Å². The van der Waals surface area contributed by atoms with Crippen molar-refractivity contribution in [3.63, 3.8) is 0 Å². The van der Waals surface area contributed by atoms with Crippen LogP contribution in [0.5, 0.6) is 0 Å². The van der Waals surface area contributed by atoms with E-state index in [0.29, 0.717) is 11.0 Å². The van der Waals surface area contributed by atoms with E-state index in [-0.39, 0.29) is 0 Å². The summed E-state index contributed by atoms with van der Waals surface area (Å²) in [6.45, 7) is 4.34. The third kappa shape index (κ3) is 2.47. The van der Waals surface area contributed by atoms with Crippen LogP contribution in [-0.4, -0.2) is 4.98 Å². The van der Waals surface area contributed by atoms with Crippen molar-refractivity contribution >= 4 is 16.5 Å².